The van der Waals surface area contributed by atoms with Gasteiger partial charge in [0.2, 0.25) is 0 Å². The Morgan fingerprint density at radius 3 is 2.35 bits per heavy atom. The molecule has 4 aliphatic heterocycles. The van der Waals surface area contributed by atoms with Crippen molar-refractivity contribution in [2.24, 2.45) is 0 Å². The van der Waals surface area contributed by atoms with Gasteiger partial charge in [0.15, 0.2) is 6.10 Å². The molecule has 3 fully saturated rings. The summed E-state index contributed by atoms with van der Waals surface area (Å²) < 4.78 is 47.3. The number of alkyl halides is 3. The highest BCUT2D eigenvalue weighted by molar-refractivity contribution is 9.10. The number of nitrogens with zero attached hydrogens (tertiary/aromatic N) is 5. The van der Waals surface area contributed by atoms with Gasteiger partial charge < -0.3 is 35.4 Å². The number of likely N-dealkylation sites (tertiary alicyclic amines) is 2. The maximum Gasteiger partial charge on any atom is 0.418 e. The van der Waals surface area contributed by atoms with E-state index in [4.69, 9.17) is 10.5 Å². The number of piperazine rings is 1. The molecule has 4 amide bonds. The Balaban J connectivity index is 1.13. The number of rotatable bonds is 6. The summed E-state index contributed by atoms with van der Waals surface area (Å²) in [7, 11) is 2.11. The van der Waals surface area contributed by atoms with Gasteiger partial charge in [-0.25, -0.2) is 9.59 Å². The number of hydrogen-bond donors (Lipinski definition) is 2. The molecule has 6 rings (SSSR count). The van der Waals surface area contributed by atoms with Crippen molar-refractivity contribution in [3.8, 4) is 0 Å². The number of hydrogen-bond acceptors (Lipinski definition) is 8. The fourth-order valence-electron chi connectivity index (χ4n) is 7.13. The zero-order valence-electron chi connectivity index (χ0n) is 26.8. The van der Waals surface area contributed by atoms with Gasteiger partial charge in [0.05, 0.1) is 23.5 Å². The smallest absolute Gasteiger partial charge is 0.418 e. The zero-order chi connectivity index (χ0) is 34.2. The molecule has 262 valence electrons. The number of anilines is 2. The van der Waals surface area contributed by atoms with Crippen molar-refractivity contribution in [1.82, 2.24) is 24.5 Å². The number of carbonyl (C=O) groups excluding carboxylic acids is 3. The highest BCUT2D eigenvalue weighted by Gasteiger charge is 2.38. The average Bonchev–Trinajstić information content (AvgIpc) is 3.52. The first kappa shape index (κ1) is 34.8. The van der Waals surface area contributed by atoms with Gasteiger partial charge in [0, 0.05) is 67.1 Å². The molecule has 4 aliphatic rings. The minimum Gasteiger partial charge on any atom is -0.436 e. The van der Waals surface area contributed by atoms with E-state index in [1.165, 1.54) is 11.0 Å². The Morgan fingerprint density at radius 1 is 1.02 bits per heavy atom. The number of thiophene rings is 1. The Bertz CT molecular complexity index is 1500. The lowest BCUT2D eigenvalue weighted by atomic mass is 10.0. The van der Waals surface area contributed by atoms with Gasteiger partial charge >= 0.3 is 18.3 Å². The summed E-state index contributed by atoms with van der Waals surface area (Å²) in [6, 6.07) is 4.44. The number of halogens is 4. The molecule has 0 spiro atoms. The lowest BCUT2D eigenvalue weighted by Gasteiger charge is -2.43. The van der Waals surface area contributed by atoms with Gasteiger partial charge in [-0.05, 0) is 90.9 Å². The summed E-state index contributed by atoms with van der Waals surface area (Å²) >= 11 is 4.71. The standard InChI is InChI=1S/C32H41BrF3N7O4S/c1-39-7-2-21(3-8-39)40-11-13-41(14-12-40)29(44)26(18-20-16-23(32(34,35)36)28(37)24(33)17-20)47-31(46)42-9-4-22(5-10-42)43-19-27-25(6-15-48-27)38-30(43)45/h6,15-17,21-22,26H,2-5,7-14,18-19,37H2,1H3,(H,38,45)/t26-/m1/s1. The van der Waals surface area contributed by atoms with Gasteiger partial charge in [0.1, 0.15) is 0 Å². The van der Waals surface area contributed by atoms with E-state index >= 15 is 0 Å². The number of fused-ring (bicyclic) bond motifs is 1. The number of benzene rings is 1. The molecule has 3 N–H and O–H groups in total. The van der Waals surface area contributed by atoms with Crippen LogP contribution in [0, 0.1) is 0 Å². The van der Waals surface area contributed by atoms with Gasteiger partial charge in [-0.2, -0.15) is 13.2 Å². The quantitative estimate of drug-likeness (QED) is 0.403. The Hall–Kier alpha value is -3.08. The number of amides is 4. The zero-order valence-corrected chi connectivity index (χ0v) is 29.2. The largest absolute Gasteiger partial charge is 0.436 e. The molecule has 1 atom stereocenters. The summed E-state index contributed by atoms with van der Waals surface area (Å²) in [5.41, 5.74) is 5.26. The lowest BCUT2D eigenvalue weighted by Crippen LogP contribution is -2.56. The van der Waals surface area contributed by atoms with E-state index in [9.17, 15) is 27.6 Å². The van der Waals surface area contributed by atoms with Crippen molar-refractivity contribution in [2.75, 3.05) is 70.5 Å². The molecule has 16 heteroatoms. The first-order valence-corrected chi connectivity index (χ1v) is 18.0. The van der Waals surface area contributed by atoms with Crippen LogP contribution in [0.1, 0.15) is 41.7 Å². The molecule has 2 aromatic rings. The first-order valence-electron chi connectivity index (χ1n) is 16.3. The number of ether oxygens (including phenoxy) is 1. The van der Waals surface area contributed by atoms with Crippen LogP contribution in [0.5, 0.6) is 0 Å². The SMILES string of the molecule is CN1CCC(N2CCN(C(=O)[C@@H](Cc3cc(Br)c(N)c(C(F)(F)F)c3)OC(=O)N3CCC(N4Cc5sccc5NC4=O)CC3)CC2)CC1. The molecule has 0 bridgehead atoms. The molecule has 1 aromatic heterocycles. The van der Waals surface area contributed by atoms with Crippen molar-refractivity contribution < 1.29 is 32.3 Å². The molecule has 5 heterocycles. The van der Waals surface area contributed by atoms with E-state index in [0.717, 1.165) is 42.6 Å². The van der Waals surface area contributed by atoms with Crippen molar-refractivity contribution in [2.45, 2.75) is 63.0 Å². The molecule has 0 saturated carbocycles. The maximum absolute atomic E-state index is 13.9. The molecule has 48 heavy (non-hydrogen) atoms. The molecular formula is C32H41BrF3N7O4S. The topological polar surface area (TPSA) is 115 Å². The Morgan fingerprint density at radius 2 is 1.69 bits per heavy atom. The summed E-state index contributed by atoms with van der Waals surface area (Å²) in [5, 5.41) is 4.86. The highest BCUT2D eigenvalue weighted by Crippen LogP contribution is 2.38. The van der Waals surface area contributed by atoms with Crippen molar-refractivity contribution in [1.29, 1.82) is 0 Å². The van der Waals surface area contributed by atoms with E-state index in [2.05, 4.69) is 38.1 Å². The third-order valence-electron chi connectivity index (χ3n) is 9.99. The van der Waals surface area contributed by atoms with Crippen LogP contribution in [0.25, 0.3) is 0 Å². The predicted octanol–water partition coefficient (Wildman–Crippen LogP) is 4.91. The second-order valence-corrected chi connectivity index (χ2v) is 14.9. The Labute approximate surface area is 290 Å². The van der Waals surface area contributed by atoms with Gasteiger partial charge in [-0.1, -0.05) is 0 Å². The molecule has 0 radical (unpaired) electrons. The fourth-order valence-corrected chi connectivity index (χ4v) is 8.47. The van der Waals surface area contributed by atoms with Crippen molar-refractivity contribution in [3.05, 3.63) is 44.1 Å². The third-order valence-corrected chi connectivity index (χ3v) is 11.6. The van der Waals surface area contributed by atoms with Gasteiger partial charge in [0.25, 0.3) is 5.91 Å². The lowest BCUT2D eigenvalue weighted by molar-refractivity contribution is -0.143. The van der Waals surface area contributed by atoms with Gasteiger partial charge in [-0.15, -0.1) is 11.3 Å². The normalized spacial score (nSPS) is 21.2. The van der Waals surface area contributed by atoms with Gasteiger partial charge in [-0.3, -0.25) is 9.69 Å². The van der Waals surface area contributed by atoms with Crippen LogP contribution < -0.4 is 11.1 Å². The van der Waals surface area contributed by atoms with Crippen LogP contribution in [0.15, 0.2) is 28.1 Å². The monoisotopic (exact) mass is 755 g/mol. The number of piperidine rings is 2. The summed E-state index contributed by atoms with van der Waals surface area (Å²) in [6.07, 6.45) is -3.79. The van der Waals surface area contributed by atoms with Crippen molar-refractivity contribution >= 4 is 56.7 Å². The molecule has 3 saturated heterocycles. The Kier molecular flexibility index (Phi) is 10.4. The summed E-state index contributed by atoms with van der Waals surface area (Å²) in [6.45, 7) is 5.41. The fraction of sp³-hybridized carbons (Fsp3) is 0.594. The van der Waals surface area contributed by atoms with Crippen LogP contribution in [-0.4, -0.2) is 120 Å². The predicted molar refractivity (Wildman–Crippen MR) is 180 cm³/mol. The van der Waals surface area contributed by atoms with E-state index < -0.39 is 35.5 Å². The van der Waals surface area contributed by atoms with Crippen LogP contribution >= 0.6 is 27.3 Å². The number of nitrogens with two attached hydrogens (primary N) is 1. The third kappa shape index (κ3) is 7.71. The molecule has 1 aromatic carbocycles. The molecule has 0 aliphatic carbocycles. The first-order chi connectivity index (χ1) is 22.9. The molecular weight excluding hydrogens is 715 g/mol. The number of urea groups is 1. The van der Waals surface area contributed by atoms with Crippen LogP contribution in [0.4, 0.5) is 34.1 Å². The summed E-state index contributed by atoms with van der Waals surface area (Å²) in [4.78, 5) is 50.9. The number of nitrogens with one attached hydrogen (secondary N) is 1. The second kappa shape index (κ2) is 14.4. The molecule has 11 nitrogen and oxygen atoms in total. The van der Waals surface area contributed by atoms with Crippen LogP contribution in [0.2, 0.25) is 0 Å². The minimum absolute atomic E-state index is 0.0510. The summed E-state index contributed by atoms with van der Waals surface area (Å²) in [5.74, 6) is -0.431. The average molecular weight is 757 g/mol. The number of carbonyl (C=O) groups is 3. The minimum atomic E-state index is -4.70. The van der Waals surface area contributed by atoms with Crippen LogP contribution in [-0.2, 0) is 28.7 Å². The number of nitrogen functional groups attached to an aromatic ring is 1. The van der Waals surface area contributed by atoms with E-state index in [0.29, 0.717) is 64.7 Å². The van der Waals surface area contributed by atoms with Crippen molar-refractivity contribution in [3.63, 3.8) is 0 Å². The van der Waals surface area contributed by atoms with E-state index in [1.807, 2.05) is 11.4 Å². The second-order valence-electron chi connectivity index (χ2n) is 13.0. The molecule has 0 unspecified atom stereocenters. The van der Waals surface area contributed by atoms with Crippen LogP contribution in [0.3, 0.4) is 0 Å². The highest BCUT2D eigenvalue weighted by atomic mass is 79.9. The van der Waals surface area contributed by atoms with E-state index in [-0.39, 0.29) is 28.5 Å². The maximum atomic E-state index is 13.9. The van der Waals surface area contributed by atoms with E-state index in [1.54, 1.807) is 21.1 Å².